The molecule has 2 N–H and O–H groups in total. The second-order valence-electron chi connectivity index (χ2n) is 5.72. The maximum absolute atomic E-state index is 12.9. The van der Waals surface area contributed by atoms with Crippen LogP contribution < -0.4 is 15.4 Å². The van der Waals surface area contributed by atoms with Gasteiger partial charge in [0.15, 0.2) is 0 Å². The number of ether oxygens (including phenoxy) is 1. The molecule has 3 amide bonds. The number of nitrogens with zero attached hydrogens (tertiary/aromatic N) is 1. The van der Waals surface area contributed by atoms with E-state index >= 15 is 0 Å². The molecule has 6 nitrogen and oxygen atoms in total. The number of hydrogen-bond donors (Lipinski definition) is 2. The minimum atomic E-state index is -0.677. The van der Waals surface area contributed by atoms with Gasteiger partial charge in [0.1, 0.15) is 18.4 Å². The molecule has 2 aromatic rings. The van der Waals surface area contributed by atoms with Crippen molar-refractivity contribution in [1.82, 2.24) is 10.2 Å². The van der Waals surface area contributed by atoms with Crippen molar-refractivity contribution in [3.63, 3.8) is 0 Å². The summed E-state index contributed by atoms with van der Waals surface area (Å²) in [4.78, 5) is 26.8. The normalized spacial score (nSPS) is 16.3. The number of carbonyl (C=O) groups is 2. The van der Waals surface area contributed by atoms with Crippen molar-refractivity contribution in [2.75, 3.05) is 25.0 Å². The Morgan fingerprint density at radius 3 is 2.73 bits per heavy atom. The number of nitrogens with one attached hydrogen (secondary N) is 2. The lowest BCUT2D eigenvalue weighted by Gasteiger charge is -2.35. The zero-order valence-corrected chi connectivity index (χ0v) is 14.1. The van der Waals surface area contributed by atoms with Crippen LogP contribution in [0.5, 0.6) is 5.75 Å². The molecule has 0 radical (unpaired) electrons. The lowest BCUT2D eigenvalue weighted by molar-refractivity contribution is -0.127. The fourth-order valence-corrected chi connectivity index (χ4v) is 2.85. The van der Waals surface area contributed by atoms with Gasteiger partial charge < -0.3 is 20.3 Å². The van der Waals surface area contributed by atoms with Crippen LogP contribution in [0.3, 0.4) is 0 Å². The van der Waals surface area contributed by atoms with E-state index in [0.717, 1.165) is 5.56 Å². The van der Waals surface area contributed by atoms with Crippen molar-refractivity contribution in [1.29, 1.82) is 0 Å². The molecule has 0 bridgehead atoms. The van der Waals surface area contributed by atoms with Crippen molar-refractivity contribution in [3.8, 4) is 18.1 Å². The molecular formula is C20H19N3O3. The Labute approximate surface area is 152 Å². The highest BCUT2D eigenvalue weighted by Crippen LogP contribution is 2.27. The average Bonchev–Trinajstić information content (AvgIpc) is 2.67. The Morgan fingerprint density at radius 1 is 1.23 bits per heavy atom. The summed E-state index contributed by atoms with van der Waals surface area (Å²) in [6.45, 7) is 0.918. The number of piperazine rings is 1. The van der Waals surface area contributed by atoms with Crippen LogP contribution in [0.25, 0.3) is 0 Å². The first-order chi connectivity index (χ1) is 12.7. The fourth-order valence-electron chi connectivity index (χ4n) is 2.85. The highest BCUT2D eigenvalue weighted by molar-refractivity contribution is 5.96. The zero-order chi connectivity index (χ0) is 18.4. The summed E-state index contributed by atoms with van der Waals surface area (Å²) in [6, 6.07) is 15.2. The lowest BCUT2D eigenvalue weighted by Crippen LogP contribution is -2.53. The van der Waals surface area contributed by atoms with E-state index in [2.05, 4.69) is 16.6 Å². The van der Waals surface area contributed by atoms with Gasteiger partial charge >= 0.3 is 6.03 Å². The third-order valence-electron chi connectivity index (χ3n) is 4.03. The van der Waals surface area contributed by atoms with Gasteiger partial charge in [-0.25, -0.2) is 4.79 Å². The molecule has 26 heavy (non-hydrogen) atoms. The third-order valence-corrected chi connectivity index (χ3v) is 4.03. The highest BCUT2D eigenvalue weighted by atomic mass is 16.5. The number of para-hydroxylation sites is 2. The monoisotopic (exact) mass is 349 g/mol. The Kier molecular flexibility index (Phi) is 5.40. The minimum Gasteiger partial charge on any atom is -0.479 e. The van der Waals surface area contributed by atoms with E-state index in [1.54, 1.807) is 24.3 Å². The van der Waals surface area contributed by atoms with E-state index in [-0.39, 0.29) is 18.5 Å². The van der Waals surface area contributed by atoms with Crippen molar-refractivity contribution < 1.29 is 14.3 Å². The summed E-state index contributed by atoms with van der Waals surface area (Å²) in [5.41, 5.74) is 1.27. The van der Waals surface area contributed by atoms with Crippen LogP contribution in [0.2, 0.25) is 0 Å². The quantitative estimate of drug-likeness (QED) is 0.833. The van der Waals surface area contributed by atoms with E-state index in [9.17, 15) is 9.59 Å². The van der Waals surface area contributed by atoms with Crippen molar-refractivity contribution in [2.24, 2.45) is 0 Å². The maximum atomic E-state index is 12.9. The molecule has 0 unspecified atom stereocenters. The molecule has 1 atom stereocenters. The topological polar surface area (TPSA) is 70.7 Å². The van der Waals surface area contributed by atoms with Gasteiger partial charge in [-0.2, -0.15) is 0 Å². The summed E-state index contributed by atoms with van der Waals surface area (Å²) < 4.78 is 5.46. The highest BCUT2D eigenvalue weighted by Gasteiger charge is 2.34. The smallest absolute Gasteiger partial charge is 0.322 e. The van der Waals surface area contributed by atoms with Gasteiger partial charge in [-0.3, -0.25) is 4.79 Å². The molecule has 1 aliphatic heterocycles. The molecule has 132 valence electrons. The lowest BCUT2D eigenvalue weighted by atomic mass is 10.0. The number of amides is 3. The Morgan fingerprint density at radius 2 is 1.96 bits per heavy atom. The second-order valence-corrected chi connectivity index (χ2v) is 5.72. The van der Waals surface area contributed by atoms with Gasteiger partial charge in [-0.15, -0.1) is 6.42 Å². The van der Waals surface area contributed by atoms with E-state index in [4.69, 9.17) is 11.2 Å². The van der Waals surface area contributed by atoms with Crippen molar-refractivity contribution >= 4 is 17.6 Å². The summed E-state index contributed by atoms with van der Waals surface area (Å²) in [6.07, 6.45) is 5.23. The number of urea groups is 1. The average molecular weight is 349 g/mol. The molecule has 1 saturated heterocycles. The molecule has 0 saturated carbocycles. The molecule has 0 aromatic heterocycles. The van der Waals surface area contributed by atoms with Crippen LogP contribution in [0.15, 0.2) is 54.6 Å². The largest absolute Gasteiger partial charge is 0.479 e. The second kappa shape index (κ2) is 8.08. The first kappa shape index (κ1) is 17.4. The van der Waals surface area contributed by atoms with E-state index in [1.165, 1.54) is 4.90 Å². The predicted molar refractivity (Wildman–Crippen MR) is 98.7 cm³/mol. The number of carbonyl (C=O) groups excluding carboxylic acids is 2. The van der Waals surface area contributed by atoms with Crippen LogP contribution in [0, 0.1) is 12.3 Å². The molecule has 1 fully saturated rings. The van der Waals surface area contributed by atoms with Crippen LogP contribution in [0.1, 0.15) is 11.6 Å². The summed E-state index contributed by atoms with van der Waals surface area (Å²) in [5.74, 6) is 2.68. The number of rotatable bonds is 4. The first-order valence-electron chi connectivity index (χ1n) is 8.26. The van der Waals surface area contributed by atoms with Gasteiger partial charge in [-0.1, -0.05) is 48.4 Å². The van der Waals surface area contributed by atoms with Crippen LogP contribution in [-0.4, -0.2) is 36.5 Å². The van der Waals surface area contributed by atoms with Gasteiger partial charge in [0.2, 0.25) is 5.91 Å². The van der Waals surface area contributed by atoms with Crippen molar-refractivity contribution in [3.05, 3.63) is 60.2 Å². The SMILES string of the molecule is C#CCOc1ccccc1NC(=O)N1CCNC(=O)[C@H]1c1ccccc1. The van der Waals surface area contributed by atoms with Crippen molar-refractivity contribution in [2.45, 2.75) is 6.04 Å². The zero-order valence-electron chi connectivity index (χ0n) is 14.1. The number of hydrogen-bond acceptors (Lipinski definition) is 3. The Hall–Kier alpha value is -3.46. The third kappa shape index (κ3) is 3.78. The van der Waals surface area contributed by atoms with Gasteiger partial charge in [-0.05, 0) is 17.7 Å². The molecule has 0 aliphatic carbocycles. The summed E-state index contributed by atoms with van der Waals surface area (Å²) >= 11 is 0. The molecular weight excluding hydrogens is 330 g/mol. The van der Waals surface area contributed by atoms with Gasteiger partial charge in [0, 0.05) is 13.1 Å². The van der Waals surface area contributed by atoms with Gasteiger partial charge in [0.25, 0.3) is 0 Å². The molecule has 1 aliphatic rings. The molecule has 1 heterocycles. The summed E-state index contributed by atoms with van der Waals surface area (Å²) in [5, 5.41) is 5.63. The summed E-state index contributed by atoms with van der Waals surface area (Å²) in [7, 11) is 0. The van der Waals surface area contributed by atoms with Crippen LogP contribution in [-0.2, 0) is 4.79 Å². The fraction of sp³-hybridized carbons (Fsp3) is 0.200. The van der Waals surface area contributed by atoms with Crippen LogP contribution >= 0.6 is 0 Å². The first-order valence-corrected chi connectivity index (χ1v) is 8.26. The maximum Gasteiger partial charge on any atom is 0.322 e. The Bertz CT molecular complexity index is 830. The number of terminal acetylenes is 1. The van der Waals surface area contributed by atoms with E-state index in [1.807, 2.05) is 30.3 Å². The van der Waals surface area contributed by atoms with E-state index in [0.29, 0.717) is 24.5 Å². The predicted octanol–water partition coefficient (Wildman–Crippen LogP) is 2.40. The van der Waals surface area contributed by atoms with Gasteiger partial charge in [0.05, 0.1) is 5.69 Å². The molecule has 6 heteroatoms. The van der Waals surface area contributed by atoms with Crippen LogP contribution in [0.4, 0.5) is 10.5 Å². The van der Waals surface area contributed by atoms with E-state index < -0.39 is 6.04 Å². The molecule has 2 aromatic carbocycles. The minimum absolute atomic E-state index is 0.103. The molecule has 3 rings (SSSR count). The standard InChI is InChI=1S/C20H19N3O3/c1-2-14-26-17-11-7-6-10-16(17)22-20(25)23-13-12-21-19(24)18(23)15-8-4-3-5-9-15/h1,3-11,18H,12-14H2,(H,21,24)(H,22,25)/t18-/m1/s1. The number of anilines is 1. The Balaban J connectivity index is 1.82. The number of benzene rings is 2. The molecule has 0 spiro atoms.